The second-order valence-corrected chi connectivity index (χ2v) is 8.70. The van der Waals surface area contributed by atoms with Crippen molar-refractivity contribution in [1.29, 1.82) is 0 Å². The number of rotatable bonds is 4. The van der Waals surface area contributed by atoms with Gasteiger partial charge >= 0.3 is 0 Å². The van der Waals surface area contributed by atoms with E-state index >= 15 is 0 Å². The highest BCUT2D eigenvalue weighted by atomic mass is 35.5. The summed E-state index contributed by atoms with van der Waals surface area (Å²) in [6.45, 7) is 0.417. The topological polar surface area (TPSA) is 130 Å². The molecule has 2 rings (SSSR count). The minimum Gasteiger partial charge on any atom is -0.379 e. The first-order valence-corrected chi connectivity index (χ1v) is 10.3. The predicted molar refractivity (Wildman–Crippen MR) is 89.2 cm³/mol. The van der Waals surface area contributed by atoms with Gasteiger partial charge in [-0.25, -0.2) is 27.1 Å². The van der Waals surface area contributed by atoms with E-state index in [1.807, 2.05) is 0 Å². The molecular formula is C12H15ClN2O5S3. The van der Waals surface area contributed by atoms with Crippen molar-refractivity contribution in [1.82, 2.24) is 0 Å². The first-order chi connectivity index (χ1) is 10.6. The molecule has 0 fully saturated rings. The van der Waals surface area contributed by atoms with Crippen molar-refractivity contribution in [2.75, 3.05) is 7.11 Å². The van der Waals surface area contributed by atoms with Gasteiger partial charge in [-0.05, 0) is 18.2 Å². The smallest absolute Gasteiger partial charge is 0.239 e. The first kappa shape index (κ1) is 20.0. The molecule has 7 nitrogen and oxygen atoms in total. The van der Waals surface area contributed by atoms with Crippen LogP contribution in [-0.2, 0) is 31.4 Å². The number of methoxy groups -OCH3 is 1. The summed E-state index contributed by atoms with van der Waals surface area (Å²) in [4.78, 5) is 0.961. The molecule has 0 atom stereocenters. The highest BCUT2D eigenvalue weighted by Crippen LogP contribution is 2.19. The van der Waals surface area contributed by atoms with Gasteiger partial charge in [-0.1, -0.05) is 23.7 Å². The van der Waals surface area contributed by atoms with Gasteiger partial charge in [0.05, 0.1) is 16.5 Å². The fraction of sp³-hybridized carbons (Fsp3) is 0.167. The zero-order valence-corrected chi connectivity index (χ0v) is 15.2. The van der Waals surface area contributed by atoms with E-state index in [0.29, 0.717) is 6.61 Å². The maximum Gasteiger partial charge on any atom is 0.239 e. The molecule has 0 radical (unpaired) electrons. The molecule has 0 bridgehead atoms. The van der Waals surface area contributed by atoms with Gasteiger partial charge in [-0.2, -0.15) is 0 Å². The molecule has 1 aromatic heterocycles. The average molecular weight is 399 g/mol. The largest absolute Gasteiger partial charge is 0.379 e. The number of ether oxygens (including phenoxy) is 1. The minimum atomic E-state index is -3.67. The molecule has 128 valence electrons. The maximum absolute atomic E-state index is 10.8. The number of primary sulfonamides is 2. The van der Waals surface area contributed by atoms with Gasteiger partial charge in [-0.15, -0.1) is 11.3 Å². The molecule has 0 saturated carbocycles. The third-order valence-electron chi connectivity index (χ3n) is 2.39. The molecule has 0 aliphatic carbocycles. The van der Waals surface area contributed by atoms with Crippen LogP contribution in [0.25, 0.3) is 0 Å². The molecule has 0 aliphatic rings. The van der Waals surface area contributed by atoms with E-state index in [2.05, 4.69) is 0 Å². The highest BCUT2D eigenvalue weighted by molar-refractivity contribution is 7.89. The van der Waals surface area contributed by atoms with Gasteiger partial charge < -0.3 is 4.74 Å². The van der Waals surface area contributed by atoms with Gasteiger partial charge in [-0.3, -0.25) is 0 Å². The summed E-state index contributed by atoms with van der Waals surface area (Å²) in [6.07, 6.45) is 0. The zero-order chi connectivity index (χ0) is 17.7. The summed E-state index contributed by atoms with van der Waals surface area (Å²) in [7, 11) is -5.66. The maximum atomic E-state index is 10.8. The quantitative estimate of drug-likeness (QED) is 0.806. The monoisotopic (exact) mass is 398 g/mol. The number of nitrogens with two attached hydrogens (primary N) is 2. The second-order valence-electron chi connectivity index (χ2n) is 4.20. The van der Waals surface area contributed by atoms with Crippen LogP contribution in [0.2, 0.25) is 5.02 Å². The van der Waals surface area contributed by atoms with E-state index in [4.69, 9.17) is 26.6 Å². The number of sulfonamides is 2. The van der Waals surface area contributed by atoms with E-state index in [0.717, 1.165) is 4.88 Å². The molecule has 0 amide bonds. The number of benzene rings is 1. The normalized spacial score (nSPS) is 11.7. The van der Waals surface area contributed by atoms with Crippen LogP contribution in [0.1, 0.15) is 4.88 Å². The summed E-state index contributed by atoms with van der Waals surface area (Å²) in [5.41, 5.74) is 0. The van der Waals surface area contributed by atoms with Crippen LogP contribution in [0.3, 0.4) is 0 Å². The Labute approximate surface area is 143 Å². The van der Waals surface area contributed by atoms with Gasteiger partial charge in [0, 0.05) is 17.4 Å². The number of thiophene rings is 1. The fourth-order valence-corrected chi connectivity index (χ4v) is 4.25. The Bertz CT molecular complexity index is 862. The van der Waals surface area contributed by atoms with E-state index in [-0.39, 0.29) is 14.8 Å². The van der Waals surface area contributed by atoms with Crippen molar-refractivity contribution < 1.29 is 21.6 Å². The minimum absolute atomic E-state index is 0.0401. The van der Waals surface area contributed by atoms with E-state index in [9.17, 15) is 16.8 Å². The molecule has 0 unspecified atom stereocenters. The van der Waals surface area contributed by atoms with E-state index in [1.165, 1.54) is 34.9 Å². The lowest BCUT2D eigenvalue weighted by Gasteiger charge is -1.98. The molecule has 23 heavy (non-hydrogen) atoms. The standard InChI is InChI=1S/C6H6ClNO2S.C6H9NO3S2/c7-5-3-1-2-4-6(5)11(8,9)10;1-10-3-5-2-6(4-11-5)12(7,8)9/h1-4H,(H2,8,9,10);2,4H,3H2,1H3,(H2,7,8,9). The van der Waals surface area contributed by atoms with Crippen LogP contribution in [-0.4, -0.2) is 23.9 Å². The number of halogens is 1. The molecule has 4 N–H and O–H groups in total. The Balaban J connectivity index is 0.000000231. The van der Waals surface area contributed by atoms with Crippen molar-refractivity contribution in [2.24, 2.45) is 10.3 Å². The van der Waals surface area contributed by atoms with Crippen molar-refractivity contribution in [3.05, 3.63) is 45.6 Å². The zero-order valence-electron chi connectivity index (χ0n) is 12.0. The molecule has 2 aromatic rings. The first-order valence-electron chi connectivity index (χ1n) is 5.92. The molecule has 0 aliphatic heterocycles. The van der Waals surface area contributed by atoms with Gasteiger partial charge in [0.15, 0.2) is 0 Å². The third-order valence-corrected chi connectivity index (χ3v) is 5.75. The Morgan fingerprint density at radius 3 is 2.13 bits per heavy atom. The van der Waals surface area contributed by atoms with Crippen LogP contribution in [0.5, 0.6) is 0 Å². The van der Waals surface area contributed by atoms with Gasteiger partial charge in [0.1, 0.15) is 4.90 Å². The highest BCUT2D eigenvalue weighted by Gasteiger charge is 2.10. The molecule has 0 spiro atoms. The van der Waals surface area contributed by atoms with Gasteiger partial charge in [0.25, 0.3) is 0 Å². The Kier molecular flexibility index (Phi) is 7.14. The summed E-state index contributed by atoms with van der Waals surface area (Å²) < 4.78 is 47.9. The van der Waals surface area contributed by atoms with Crippen molar-refractivity contribution in [3.8, 4) is 0 Å². The SMILES string of the molecule is COCc1cc(S(N)(=O)=O)cs1.NS(=O)(=O)c1ccccc1Cl. The lowest BCUT2D eigenvalue weighted by Crippen LogP contribution is -2.12. The summed E-state index contributed by atoms with van der Waals surface area (Å²) in [5.74, 6) is 0. The summed E-state index contributed by atoms with van der Waals surface area (Å²) >= 11 is 6.87. The van der Waals surface area contributed by atoms with Crippen LogP contribution < -0.4 is 10.3 Å². The van der Waals surface area contributed by atoms with Gasteiger partial charge in [0.2, 0.25) is 20.0 Å². The summed E-state index contributed by atoms with van der Waals surface area (Å²) in [6, 6.07) is 7.55. The Hall–Kier alpha value is -1.01. The number of hydrogen-bond donors (Lipinski definition) is 2. The van der Waals surface area contributed by atoms with Crippen molar-refractivity contribution >= 4 is 43.0 Å². The van der Waals surface area contributed by atoms with Crippen LogP contribution >= 0.6 is 22.9 Å². The Morgan fingerprint density at radius 1 is 1.13 bits per heavy atom. The average Bonchev–Trinajstić information content (AvgIpc) is 2.88. The second kappa shape index (κ2) is 8.20. The lowest BCUT2D eigenvalue weighted by molar-refractivity contribution is 0.187. The molecule has 1 aromatic carbocycles. The number of hydrogen-bond acceptors (Lipinski definition) is 6. The van der Waals surface area contributed by atoms with E-state index in [1.54, 1.807) is 19.2 Å². The Morgan fingerprint density at radius 2 is 1.74 bits per heavy atom. The summed E-state index contributed by atoms with van der Waals surface area (Å²) in [5, 5.41) is 11.4. The fourth-order valence-electron chi connectivity index (χ4n) is 1.40. The van der Waals surface area contributed by atoms with Crippen molar-refractivity contribution in [2.45, 2.75) is 16.4 Å². The molecule has 11 heteroatoms. The van der Waals surface area contributed by atoms with Crippen LogP contribution in [0.15, 0.2) is 45.5 Å². The van der Waals surface area contributed by atoms with Crippen LogP contribution in [0.4, 0.5) is 0 Å². The van der Waals surface area contributed by atoms with E-state index < -0.39 is 20.0 Å². The van der Waals surface area contributed by atoms with Crippen molar-refractivity contribution in [3.63, 3.8) is 0 Å². The third kappa shape index (κ3) is 6.55. The molecule has 0 saturated heterocycles. The molecule has 1 heterocycles. The predicted octanol–water partition coefficient (Wildman–Crippen LogP) is 1.53. The van der Waals surface area contributed by atoms with Crippen LogP contribution in [0, 0.1) is 0 Å². The molecular weight excluding hydrogens is 384 g/mol. The lowest BCUT2D eigenvalue weighted by atomic mass is 10.4.